The van der Waals surface area contributed by atoms with Gasteiger partial charge in [-0.1, -0.05) is 25.0 Å². The van der Waals surface area contributed by atoms with E-state index in [1.165, 1.54) is 0 Å². The van der Waals surface area contributed by atoms with Gasteiger partial charge >= 0.3 is 11.9 Å². The molecule has 2 aromatic rings. The molecule has 0 bridgehead atoms. The third-order valence-electron chi connectivity index (χ3n) is 6.46. The van der Waals surface area contributed by atoms with Crippen LogP contribution in [0.2, 0.25) is 0 Å². The van der Waals surface area contributed by atoms with Gasteiger partial charge in [-0.3, -0.25) is 9.59 Å². The van der Waals surface area contributed by atoms with E-state index in [0.29, 0.717) is 29.7 Å². The highest BCUT2D eigenvalue weighted by molar-refractivity contribution is 7.93. The van der Waals surface area contributed by atoms with Gasteiger partial charge in [-0.25, -0.2) is 13.2 Å². The largest absolute Gasteiger partial charge is 0.462 e. The van der Waals surface area contributed by atoms with Crippen LogP contribution in [0.25, 0.3) is 0 Å². The van der Waals surface area contributed by atoms with Gasteiger partial charge in [-0.15, -0.1) is 0 Å². The van der Waals surface area contributed by atoms with Gasteiger partial charge in [0.15, 0.2) is 21.2 Å². The lowest BCUT2D eigenvalue weighted by Crippen LogP contribution is -2.46. The summed E-state index contributed by atoms with van der Waals surface area (Å²) in [5.41, 5.74) is 2.60. The van der Waals surface area contributed by atoms with Crippen molar-refractivity contribution in [2.75, 3.05) is 13.2 Å². The molecule has 0 saturated heterocycles. The average Bonchev–Trinajstić information content (AvgIpc) is 3.39. The molecule has 1 N–H and O–H groups in total. The summed E-state index contributed by atoms with van der Waals surface area (Å²) in [7, 11) is -4.05. The number of rotatable bonds is 8. The number of Topliss-reactive ketones (excluding diaryl/α,β-unsaturated/α-hetero) is 1. The number of aromatic amines is 1. The maximum Gasteiger partial charge on any atom is 0.340 e. The maximum atomic E-state index is 13.7. The van der Waals surface area contributed by atoms with Crippen molar-refractivity contribution in [1.82, 2.24) is 4.98 Å². The van der Waals surface area contributed by atoms with Crippen LogP contribution in [0.3, 0.4) is 0 Å². The number of aromatic nitrogens is 1. The summed E-state index contributed by atoms with van der Waals surface area (Å²) in [6.45, 7) is 7.99. The zero-order valence-corrected chi connectivity index (χ0v) is 21.1. The number of ether oxygens (including phenoxy) is 2. The fourth-order valence-electron chi connectivity index (χ4n) is 4.61. The van der Waals surface area contributed by atoms with Crippen LogP contribution in [0.1, 0.15) is 75.8 Å². The van der Waals surface area contributed by atoms with Gasteiger partial charge in [0.1, 0.15) is 0 Å². The number of carbonyl (C=O) groups is 3. The van der Waals surface area contributed by atoms with Gasteiger partial charge in [0.05, 0.1) is 22.8 Å². The van der Waals surface area contributed by atoms with Crippen LogP contribution in [-0.2, 0) is 24.1 Å². The predicted octanol–water partition coefficient (Wildman–Crippen LogP) is 3.94. The summed E-state index contributed by atoms with van der Waals surface area (Å²) in [6.07, 6.45) is 1.43. The van der Waals surface area contributed by atoms with Crippen molar-refractivity contribution in [3.05, 3.63) is 51.8 Å². The molecule has 184 valence electrons. The number of esters is 2. The fraction of sp³-hybridized carbons (Fsp3) is 0.480. The minimum atomic E-state index is -4.05. The Hall–Kier alpha value is -2.94. The van der Waals surface area contributed by atoms with Crippen LogP contribution < -0.4 is 0 Å². The van der Waals surface area contributed by atoms with E-state index in [1.54, 1.807) is 46.8 Å². The molecule has 3 rings (SSSR count). The van der Waals surface area contributed by atoms with Crippen LogP contribution in [0.5, 0.6) is 0 Å². The highest BCUT2D eigenvalue weighted by atomic mass is 32.2. The van der Waals surface area contributed by atoms with E-state index < -0.39 is 38.9 Å². The molecule has 9 heteroatoms. The Morgan fingerprint density at radius 3 is 2.29 bits per heavy atom. The van der Waals surface area contributed by atoms with E-state index in [9.17, 15) is 22.8 Å². The molecule has 0 unspecified atom stereocenters. The Bertz CT molecular complexity index is 1230. The number of aryl methyl sites for hydroxylation is 3. The SMILES string of the molecule is CCOC(=O)c1c(C)[nH]c(C(=O)COC(=O)C2(S(=O)(=O)c3cc(C)ccc3C)CCCC2)c1C. The minimum Gasteiger partial charge on any atom is -0.462 e. The van der Waals surface area contributed by atoms with E-state index >= 15 is 0 Å². The number of hydrogen-bond acceptors (Lipinski definition) is 7. The molecule has 0 spiro atoms. The van der Waals surface area contributed by atoms with Gasteiger partial charge in [0.2, 0.25) is 5.78 Å². The first-order chi connectivity index (χ1) is 16.0. The van der Waals surface area contributed by atoms with E-state index in [0.717, 1.165) is 5.56 Å². The molecule has 1 heterocycles. The summed E-state index contributed by atoms with van der Waals surface area (Å²) < 4.78 is 36.0. The van der Waals surface area contributed by atoms with Gasteiger partial charge in [-0.2, -0.15) is 0 Å². The van der Waals surface area contributed by atoms with E-state index in [-0.39, 0.29) is 35.6 Å². The van der Waals surface area contributed by atoms with Crippen LogP contribution in [0.15, 0.2) is 23.1 Å². The van der Waals surface area contributed by atoms with Crippen molar-refractivity contribution in [3.8, 4) is 0 Å². The average molecular weight is 490 g/mol. The van der Waals surface area contributed by atoms with E-state index in [1.807, 2.05) is 6.07 Å². The summed E-state index contributed by atoms with van der Waals surface area (Å²) in [5.74, 6) is -2.01. The number of hydrogen-bond donors (Lipinski definition) is 1. The molecule has 0 radical (unpaired) electrons. The zero-order valence-electron chi connectivity index (χ0n) is 20.2. The molecule has 0 atom stereocenters. The van der Waals surface area contributed by atoms with Crippen molar-refractivity contribution in [2.45, 2.75) is 69.9 Å². The summed E-state index contributed by atoms with van der Waals surface area (Å²) in [4.78, 5) is 41.3. The Labute approximate surface area is 200 Å². The summed E-state index contributed by atoms with van der Waals surface area (Å²) in [6, 6.07) is 5.11. The number of carbonyl (C=O) groups excluding carboxylic acids is 3. The van der Waals surface area contributed by atoms with E-state index in [2.05, 4.69) is 4.98 Å². The number of benzene rings is 1. The van der Waals surface area contributed by atoms with Crippen LogP contribution in [-0.4, -0.2) is 49.1 Å². The first kappa shape index (κ1) is 25.7. The predicted molar refractivity (Wildman–Crippen MR) is 126 cm³/mol. The topological polar surface area (TPSA) is 120 Å². The second-order valence-electron chi connectivity index (χ2n) is 8.82. The van der Waals surface area contributed by atoms with Gasteiger partial charge in [0.25, 0.3) is 0 Å². The van der Waals surface area contributed by atoms with Crippen LogP contribution in [0.4, 0.5) is 0 Å². The normalized spacial score (nSPS) is 15.2. The molecule has 1 fully saturated rings. The van der Waals surface area contributed by atoms with E-state index in [4.69, 9.17) is 9.47 Å². The molecule has 1 aromatic heterocycles. The quantitative estimate of drug-likeness (QED) is 0.440. The molecule has 1 saturated carbocycles. The van der Waals surface area contributed by atoms with Crippen molar-refractivity contribution in [2.24, 2.45) is 0 Å². The minimum absolute atomic E-state index is 0.118. The third kappa shape index (κ3) is 4.41. The molecule has 0 aliphatic heterocycles. The van der Waals surface area contributed by atoms with Crippen molar-refractivity contribution < 1.29 is 32.3 Å². The lowest BCUT2D eigenvalue weighted by atomic mass is 10.1. The lowest BCUT2D eigenvalue weighted by Gasteiger charge is -2.27. The number of ketones is 1. The second kappa shape index (κ2) is 9.74. The third-order valence-corrected chi connectivity index (χ3v) is 9.08. The monoisotopic (exact) mass is 489 g/mol. The molecular formula is C25H31NO7S. The molecule has 34 heavy (non-hydrogen) atoms. The smallest absolute Gasteiger partial charge is 0.340 e. The number of nitrogens with one attached hydrogen (secondary N) is 1. The first-order valence-corrected chi connectivity index (χ1v) is 12.8. The standard InChI is InChI=1S/C25H31NO7S/c1-6-32-23(28)21-17(4)22(26-18(21)5)19(27)14-33-24(29)25(11-7-8-12-25)34(30,31)20-13-15(2)9-10-16(20)3/h9-10,13,26H,6-8,11-12,14H2,1-5H3. The molecule has 1 aromatic carbocycles. The molecule has 1 aliphatic carbocycles. The molecular weight excluding hydrogens is 458 g/mol. The molecule has 1 aliphatic rings. The molecule has 8 nitrogen and oxygen atoms in total. The Morgan fingerprint density at radius 1 is 1.03 bits per heavy atom. The number of sulfone groups is 1. The highest BCUT2D eigenvalue weighted by Gasteiger charge is 2.54. The lowest BCUT2D eigenvalue weighted by molar-refractivity contribution is -0.145. The Kier molecular flexibility index (Phi) is 7.35. The van der Waals surface area contributed by atoms with Gasteiger partial charge in [0, 0.05) is 5.69 Å². The Morgan fingerprint density at radius 2 is 1.68 bits per heavy atom. The second-order valence-corrected chi connectivity index (χ2v) is 11.0. The maximum absolute atomic E-state index is 13.7. The summed E-state index contributed by atoms with van der Waals surface area (Å²) >= 11 is 0. The van der Waals surface area contributed by atoms with Gasteiger partial charge < -0.3 is 14.5 Å². The first-order valence-electron chi connectivity index (χ1n) is 11.3. The number of H-pyrrole nitrogens is 1. The highest BCUT2D eigenvalue weighted by Crippen LogP contribution is 2.42. The zero-order chi connectivity index (χ0) is 25.3. The fourth-order valence-corrected chi connectivity index (χ4v) is 6.97. The van der Waals surface area contributed by atoms with Crippen LogP contribution >= 0.6 is 0 Å². The van der Waals surface area contributed by atoms with Crippen molar-refractivity contribution in [3.63, 3.8) is 0 Å². The summed E-state index contributed by atoms with van der Waals surface area (Å²) in [5, 5.41) is 0. The Balaban J connectivity index is 1.85. The van der Waals surface area contributed by atoms with Crippen molar-refractivity contribution in [1.29, 1.82) is 0 Å². The molecule has 0 amide bonds. The van der Waals surface area contributed by atoms with Crippen molar-refractivity contribution >= 4 is 27.6 Å². The van der Waals surface area contributed by atoms with Crippen LogP contribution in [0, 0.1) is 27.7 Å². The van der Waals surface area contributed by atoms with Gasteiger partial charge in [-0.05, 0) is 70.2 Å².